The van der Waals surface area contributed by atoms with Gasteiger partial charge in [0.2, 0.25) is 0 Å². The van der Waals surface area contributed by atoms with Crippen molar-refractivity contribution in [3.8, 4) is 5.75 Å². The van der Waals surface area contributed by atoms with Crippen LogP contribution in [0.4, 0.5) is 0 Å². The van der Waals surface area contributed by atoms with Crippen LogP contribution in [0.5, 0.6) is 5.75 Å². The fourth-order valence-corrected chi connectivity index (χ4v) is 2.07. The van der Waals surface area contributed by atoms with Gasteiger partial charge >= 0.3 is 0 Å². The Labute approximate surface area is 113 Å². The summed E-state index contributed by atoms with van der Waals surface area (Å²) in [7, 11) is 1.69. The predicted molar refractivity (Wildman–Crippen MR) is 80.9 cm³/mol. The van der Waals surface area contributed by atoms with Crippen LogP contribution in [0, 0.1) is 6.92 Å². The summed E-state index contributed by atoms with van der Waals surface area (Å²) in [6.07, 6.45) is 1.66. The molecule has 2 nitrogen and oxygen atoms in total. The quantitative estimate of drug-likeness (QED) is 0.827. The minimum absolute atomic E-state index is 0.227. The number of aryl methyl sites for hydroxylation is 1. The monoisotopic (exact) mass is 251 g/mol. The summed E-state index contributed by atoms with van der Waals surface area (Å²) < 4.78 is 0. The van der Waals surface area contributed by atoms with Gasteiger partial charge in [0.25, 0.3) is 0 Å². The van der Waals surface area contributed by atoms with Gasteiger partial charge in [0.1, 0.15) is 5.75 Å². The lowest BCUT2D eigenvalue weighted by Gasteiger charge is -2.12. The smallest absolute Gasteiger partial charge is 0.132 e. The van der Waals surface area contributed by atoms with Crippen molar-refractivity contribution in [1.82, 2.24) is 0 Å². The third kappa shape index (κ3) is 2.74. The summed E-state index contributed by atoms with van der Waals surface area (Å²) in [5, 5.41) is 10.3. The molecule has 2 rings (SSSR count). The molecule has 0 aliphatic carbocycles. The van der Waals surface area contributed by atoms with E-state index in [0.717, 1.165) is 27.8 Å². The molecule has 0 unspecified atom stereocenters. The standard InChI is InChI=1S/C17H17NO/c1-12-9-15(11-18-3)17(19)16(10-12)13(2)14-7-5-4-6-8-14/h4-11,19H,2H2,1,3H3. The first kappa shape index (κ1) is 13.1. The van der Waals surface area contributed by atoms with Gasteiger partial charge in [0, 0.05) is 24.4 Å². The minimum Gasteiger partial charge on any atom is -0.507 e. The molecule has 2 aromatic carbocycles. The topological polar surface area (TPSA) is 32.6 Å². The van der Waals surface area contributed by atoms with Crippen molar-refractivity contribution in [2.24, 2.45) is 4.99 Å². The second kappa shape index (κ2) is 5.53. The van der Waals surface area contributed by atoms with Crippen LogP contribution in [-0.2, 0) is 0 Å². The number of hydrogen-bond acceptors (Lipinski definition) is 2. The van der Waals surface area contributed by atoms with Gasteiger partial charge in [-0.05, 0) is 35.8 Å². The molecule has 0 amide bonds. The average Bonchev–Trinajstić information content (AvgIpc) is 2.43. The largest absolute Gasteiger partial charge is 0.507 e. The highest BCUT2D eigenvalue weighted by molar-refractivity contribution is 5.90. The van der Waals surface area contributed by atoms with Crippen molar-refractivity contribution in [2.75, 3.05) is 7.05 Å². The molecule has 0 heterocycles. The molecule has 0 aliphatic heterocycles. The molecule has 0 fully saturated rings. The van der Waals surface area contributed by atoms with Gasteiger partial charge in [0.15, 0.2) is 0 Å². The van der Waals surface area contributed by atoms with Crippen LogP contribution >= 0.6 is 0 Å². The van der Waals surface area contributed by atoms with Crippen LogP contribution in [0.25, 0.3) is 5.57 Å². The number of phenols is 1. The molecule has 1 N–H and O–H groups in total. The first-order chi connectivity index (χ1) is 9.13. The summed E-state index contributed by atoms with van der Waals surface area (Å²) in [4.78, 5) is 3.97. The highest BCUT2D eigenvalue weighted by Crippen LogP contribution is 2.32. The number of rotatable bonds is 3. The Morgan fingerprint density at radius 2 is 1.89 bits per heavy atom. The van der Waals surface area contributed by atoms with Crippen molar-refractivity contribution in [2.45, 2.75) is 6.92 Å². The molecule has 0 atom stereocenters. The van der Waals surface area contributed by atoms with Crippen molar-refractivity contribution in [1.29, 1.82) is 0 Å². The summed E-state index contributed by atoms with van der Waals surface area (Å²) in [5.74, 6) is 0.227. The summed E-state index contributed by atoms with van der Waals surface area (Å²) >= 11 is 0. The van der Waals surface area contributed by atoms with E-state index in [-0.39, 0.29) is 5.75 Å². The second-order valence-electron chi connectivity index (χ2n) is 4.48. The maximum absolute atomic E-state index is 10.3. The normalized spacial score (nSPS) is 10.8. The molecular formula is C17H17NO. The van der Waals surface area contributed by atoms with E-state index in [0.29, 0.717) is 0 Å². The Morgan fingerprint density at radius 3 is 2.53 bits per heavy atom. The number of benzene rings is 2. The minimum atomic E-state index is 0.227. The lowest BCUT2D eigenvalue weighted by Crippen LogP contribution is -1.93. The Bertz CT molecular complexity index is 627. The van der Waals surface area contributed by atoms with Crippen LogP contribution in [-0.4, -0.2) is 18.4 Å². The first-order valence-corrected chi connectivity index (χ1v) is 6.14. The molecule has 0 radical (unpaired) electrons. The molecule has 2 heteroatoms. The first-order valence-electron chi connectivity index (χ1n) is 6.14. The number of aliphatic imine (C=N–C) groups is 1. The fourth-order valence-electron chi connectivity index (χ4n) is 2.07. The van der Waals surface area contributed by atoms with Crippen molar-refractivity contribution < 1.29 is 5.11 Å². The van der Waals surface area contributed by atoms with Gasteiger partial charge in [-0.15, -0.1) is 0 Å². The Kier molecular flexibility index (Phi) is 3.81. The maximum atomic E-state index is 10.3. The van der Waals surface area contributed by atoms with E-state index in [1.54, 1.807) is 13.3 Å². The van der Waals surface area contributed by atoms with Crippen LogP contribution in [0.3, 0.4) is 0 Å². The Morgan fingerprint density at radius 1 is 1.21 bits per heavy atom. The lowest BCUT2D eigenvalue weighted by atomic mass is 9.95. The zero-order chi connectivity index (χ0) is 13.8. The molecule has 0 saturated heterocycles. The molecule has 0 spiro atoms. The van der Waals surface area contributed by atoms with Gasteiger partial charge in [0.05, 0.1) is 0 Å². The molecule has 96 valence electrons. The second-order valence-corrected chi connectivity index (χ2v) is 4.48. The molecular weight excluding hydrogens is 234 g/mol. The van der Waals surface area contributed by atoms with E-state index >= 15 is 0 Å². The van der Waals surface area contributed by atoms with Crippen LogP contribution in [0.1, 0.15) is 22.3 Å². The van der Waals surface area contributed by atoms with Crippen LogP contribution in [0.2, 0.25) is 0 Å². The lowest BCUT2D eigenvalue weighted by molar-refractivity contribution is 0.472. The summed E-state index contributed by atoms with van der Waals surface area (Å²) in [6, 6.07) is 13.7. The molecule has 0 saturated carbocycles. The Balaban J connectivity index is 2.54. The highest BCUT2D eigenvalue weighted by atomic mass is 16.3. The fraction of sp³-hybridized carbons (Fsp3) is 0.118. The highest BCUT2D eigenvalue weighted by Gasteiger charge is 2.11. The number of nitrogens with zero attached hydrogens (tertiary/aromatic N) is 1. The number of hydrogen-bond donors (Lipinski definition) is 1. The third-order valence-electron chi connectivity index (χ3n) is 3.00. The van der Waals surface area contributed by atoms with E-state index < -0.39 is 0 Å². The zero-order valence-electron chi connectivity index (χ0n) is 11.2. The summed E-state index contributed by atoms with van der Waals surface area (Å²) in [6.45, 7) is 6.09. The zero-order valence-corrected chi connectivity index (χ0v) is 11.2. The molecule has 0 aliphatic rings. The summed E-state index contributed by atoms with van der Waals surface area (Å²) in [5.41, 5.74) is 4.35. The van der Waals surface area contributed by atoms with Crippen molar-refractivity contribution in [3.63, 3.8) is 0 Å². The number of aromatic hydroxyl groups is 1. The van der Waals surface area contributed by atoms with Gasteiger partial charge in [-0.25, -0.2) is 0 Å². The van der Waals surface area contributed by atoms with E-state index in [1.165, 1.54) is 0 Å². The van der Waals surface area contributed by atoms with Crippen molar-refractivity contribution >= 4 is 11.8 Å². The SMILES string of the molecule is C=C(c1ccccc1)c1cc(C)cc(C=NC)c1O. The van der Waals surface area contributed by atoms with Gasteiger partial charge in [-0.2, -0.15) is 0 Å². The van der Waals surface area contributed by atoms with Gasteiger partial charge in [-0.3, -0.25) is 4.99 Å². The van der Waals surface area contributed by atoms with E-state index in [4.69, 9.17) is 0 Å². The third-order valence-corrected chi connectivity index (χ3v) is 3.00. The van der Waals surface area contributed by atoms with Crippen LogP contribution < -0.4 is 0 Å². The number of phenolic OH excluding ortho intramolecular Hbond substituents is 1. The van der Waals surface area contributed by atoms with Gasteiger partial charge < -0.3 is 5.11 Å². The van der Waals surface area contributed by atoms with E-state index in [2.05, 4.69) is 11.6 Å². The molecule has 2 aromatic rings. The van der Waals surface area contributed by atoms with Crippen molar-refractivity contribution in [3.05, 3.63) is 71.3 Å². The molecule has 0 bridgehead atoms. The maximum Gasteiger partial charge on any atom is 0.132 e. The average molecular weight is 251 g/mol. The van der Waals surface area contributed by atoms with Gasteiger partial charge in [-0.1, -0.05) is 36.9 Å². The predicted octanol–water partition coefficient (Wildman–Crippen LogP) is 3.81. The van der Waals surface area contributed by atoms with Crippen LogP contribution in [0.15, 0.2) is 54.0 Å². The van der Waals surface area contributed by atoms with E-state index in [1.807, 2.05) is 49.4 Å². The molecule has 0 aromatic heterocycles. The molecule has 19 heavy (non-hydrogen) atoms. The van der Waals surface area contributed by atoms with E-state index in [9.17, 15) is 5.11 Å². The Hall–Kier alpha value is -2.35.